The molecule has 0 saturated carbocycles. The molecular formula is C26H27N3O3. The molecule has 0 aliphatic carbocycles. The number of anilines is 1. The van der Waals surface area contributed by atoms with Crippen molar-refractivity contribution in [3.8, 4) is 5.75 Å². The number of carbonyl (C=O) groups excluding carboxylic acids is 1. The number of nitrogens with one attached hydrogen (secondary N) is 1. The van der Waals surface area contributed by atoms with Crippen molar-refractivity contribution < 1.29 is 14.4 Å². The average molecular weight is 430 g/mol. The molecule has 1 unspecified atom stereocenters. The van der Waals surface area contributed by atoms with Crippen LogP contribution in [-0.2, 0) is 11.4 Å². The number of hydrogen-bond acceptors (Lipinski definition) is 4. The number of oxime groups is 1. The molecule has 0 aromatic heterocycles. The molecule has 6 heteroatoms. The predicted molar refractivity (Wildman–Crippen MR) is 126 cm³/mol. The van der Waals surface area contributed by atoms with E-state index in [2.05, 4.69) is 10.5 Å². The van der Waals surface area contributed by atoms with Crippen LogP contribution < -0.4 is 10.1 Å². The predicted octanol–water partition coefficient (Wildman–Crippen LogP) is 5.23. The normalized spacial score (nSPS) is 14.9. The largest absolute Gasteiger partial charge is 0.496 e. The molecule has 6 nitrogen and oxygen atoms in total. The number of carbonyl (C=O) groups is 1. The molecular weight excluding hydrogens is 402 g/mol. The zero-order chi connectivity index (χ0) is 22.3. The number of ether oxygens (including phenoxy) is 1. The van der Waals surface area contributed by atoms with Gasteiger partial charge in [0.25, 0.3) is 0 Å². The van der Waals surface area contributed by atoms with Gasteiger partial charge in [0.05, 0.1) is 19.4 Å². The van der Waals surface area contributed by atoms with E-state index in [1.54, 1.807) is 12.0 Å². The van der Waals surface area contributed by atoms with E-state index in [1.165, 1.54) is 0 Å². The molecule has 1 N–H and O–H groups in total. The van der Waals surface area contributed by atoms with Gasteiger partial charge in [-0.25, -0.2) is 4.79 Å². The molecule has 164 valence electrons. The first-order valence-corrected chi connectivity index (χ1v) is 10.6. The summed E-state index contributed by atoms with van der Waals surface area (Å²) in [5, 5.41) is 7.30. The van der Waals surface area contributed by atoms with Crippen LogP contribution in [-0.4, -0.2) is 36.4 Å². The van der Waals surface area contributed by atoms with E-state index in [-0.39, 0.29) is 12.1 Å². The Morgan fingerprint density at radius 3 is 2.66 bits per heavy atom. The Balaban J connectivity index is 1.47. The fraction of sp³-hybridized carbons (Fsp3) is 0.231. The lowest BCUT2D eigenvalue weighted by Gasteiger charge is -2.25. The minimum atomic E-state index is -0.234. The van der Waals surface area contributed by atoms with E-state index in [1.807, 2.05) is 85.8 Å². The number of urea groups is 1. The van der Waals surface area contributed by atoms with Gasteiger partial charge in [-0.2, -0.15) is 0 Å². The van der Waals surface area contributed by atoms with Gasteiger partial charge in [-0.15, -0.1) is 0 Å². The van der Waals surface area contributed by atoms with Crippen molar-refractivity contribution in [3.63, 3.8) is 0 Å². The van der Waals surface area contributed by atoms with Gasteiger partial charge in [-0.3, -0.25) is 0 Å². The Morgan fingerprint density at radius 1 is 1.09 bits per heavy atom. The summed E-state index contributed by atoms with van der Waals surface area (Å²) in [6.45, 7) is 2.89. The number of rotatable bonds is 7. The summed E-state index contributed by atoms with van der Waals surface area (Å²) in [4.78, 5) is 20.7. The standard InChI is InChI=1S/C26H27N3O3/c1-19-9-8-12-21(15-19)27-26(30)29(17-20-10-4-3-5-11-20)18-22-16-24(28-32-22)23-13-6-7-14-25(23)31-2/h3-15,22H,16-18H2,1-2H3,(H,27,30). The van der Waals surface area contributed by atoms with Gasteiger partial charge in [0.15, 0.2) is 6.10 Å². The van der Waals surface area contributed by atoms with Crippen molar-refractivity contribution in [2.75, 3.05) is 19.0 Å². The molecule has 1 aliphatic rings. The fourth-order valence-corrected chi connectivity index (χ4v) is 3.76. The molecule has 1 aliphatic heterocycles. The highest BCUT2D eigenvalue weighted by Gasteiger charge is 2.28. The van der Waals surface area contributed by atoms with Crippen molar-refractivity contribution in [2.45, 2.75) is 26.0 Å². The van der Waals surface area contributed by atoms with Gasteiger partial charge in [-0.1, -0.05) is 59.8 Å². The zero-order valence-corrected chi connectivity index (χ0v) is 18.3. The van der Waals surface area contributed by atoms with Crippen LogP contribution in [0, 0.1) is 6.92 Å². The Labute approximate surface area is 188 Å². The van der Waals surface area contributed by atoms with Crippen molar-refractivity contribution in [1.29, 1.82) is 0 Å². The van der Waals surface area contributed by atoms with Crippen LogP contribution in [0.3, 0.4) is 0 Å². The number of benzene rings is 3. The number of nitrogens with zero attached hydrogens (tertiary/aromatic N) is 2. The third kappa shape index (κ3) is 5.27. The lowest BCUT2D eigenvalue weighted by molar-refractivity contribution is 0.0608. The summed E-state index contributed by atoms with van der Waals surface area (Å²) < 4.78 is 5.46. The topological polar surface area (TPSA) is 63.2 Å². The van der Waals surface area contributed by atoms with E-state index in [9.17, 15) is 4.79 Å². The van der Waals surface area contributed by atoms with Crippen molar-refractivity contribution in [3.05, 3.63) is 95.6 Å². The van der Waals surface area contributed by atoms with Gasteiger partial charge in [0.2, 0.25) is 0 Å². The maximum Gasteiger partial charge on any atom is 0.322 e. The van der Waals surface area contributed by atoms with Crippen LogP contribution in [0.2, 0.25) is 0 Å². The Kier molecular flexibility index (Phi) is 6.70. The highest BCUT2D eigenvalue weighted by atomic mass is 16.6. The Hall–Kier alpha value is -3.80. The maximum absolute atomic E-state index is 13.2. The summed E-state index contributed by atoms with van der Waals surface area (Å²) in [5.41, 5.74) is 4.65. The first-order chi connectivity index (χ1) is 15.6. The zero-order valence-electron chi connectivity index (χ0n) is 18.3. The Bertz CT molecular complexity index is 1100. The third-order valence-electron chi connectivity index (χ3n) is 5.35. The van der Waals surface area contributed by atoms with E-state index >= 15 is 0 Å². The van der Waals surface area contributed by atoms with E-state index in [0.717, 1.165) is 33.8 Å². The van der Waals surface area contributed by atoms with Gasteiger partial charge in [-0.05, 0) is 42.3 Å². The maximum atomic E-state index is 13.2. The monoisotopic (exact) mass is 429 g/mol. The average Bonchev–Trinajstić information content (AvgIpc) is 3.27. The van der Waals surface area contributed by atoms with Crippen molar-refractivity contribution >= 4 is 17.4 Å². The molecule has 32 heavy (non-hydrogen) atoms. The number of methoxy groups -OCH3 is 1. The lowest BCUT2D eigenvalue weighted by Crippen LogP contribution is -2.40. The molecule has 0 radical (unpaired) electrons. The second-order valence-electron chi connectivity index (χ2n) is 7.84. The molecule has 0 fully saturated rings. The van der Waals surface area contributed by atoms with Crippen LogP contribution in [0.4, 0.5) is 10.5 Å². The molecule has 4 rings (SSSR count). The summed E-state index contributed by atoms with van der Waals surface area (Å²) in [5.74, 6) is 0.758. The van der Waals surface area contributed by atoms with Crippen LogP contribution in [0.25, 0.3) is 0 Å². The van der Waals surface area contributed by atoms with E-state index in [4.69, 9.17) is 9.57 Å². The summed E-state index contributed by atoms with van der Waals surface area (Å²) in [7, 11) is 1.64. The second kappa shape index (κ2) is 10.0. The number of amides is 2. The highest BCUT2D eigenvalue weighted by molar-refractivity contribution is 6.03. The first kappa shape index (κ1) is 21.4. The smallest absolute Gasteiger partial charge is 0.322 e. The third-order valence-corrected chi connectivity index (χ3v) is 5.35. The highest BCUT2D eigenvalue weighted by Crippen LogP contribution is 2.25. The fourth-order valence-electron chi connectivity index (χ4n) is 3.76. The molecule has 0 spiro atoms. The molecule has 3 aromatic rings. The molecule has 1 heterocycles. The first-order valence-electron chi connectivity index (χ1n) is 10.6. The number of aryl methyl sites for hydroxylation is 1. The van der Waals surface area contributed by atoms with Crippen molar-refractivity contribution in [1.82, 2.24) is 4.90 Å². The summed E-state index contributed by atoms with van der Waals surface area (Å²) in [6, 6.07) is 25.3. The van der Waals surface area contributed by atoms with Crippen LogP contribution >= 0.6 is 0 Å². The lowest BCUT2D eigenvalue weighted by atomic mass is 10.0. The van der Waals surface area contributed by atoms with Gasteiger partial charge < -0.3 is 19.8 Å². The summed E-state index contributed by atoms with van der Waals surface area (Å²) in [6.07, 6.45) is 0.366. The van der Waals surface area contributed by atoms with Crippen LogP contribution in [0.1, 0.15) is 23.1 Å². The quantitative estimate of drug-likeness (QED) is 0.559. The molecule has 0 saturated heterocycles. The minimum absolute atomic E-state index is 0.172. The molecule has 3 aromatic carbocycles. The SMILES string of the molecule is COc1ccccc1C1=NOC(CN(Cc2ccccc2)C(=O)Nc2cccc(C)c2)C1. The van der Waals surface area contributed by atoms with Gasteiger partial charge in [0, 0.05) is 24.2 Å². The van der Waals surface area contributed by atoms with Crippen molar-refractivity contribution in [2.24, 2.45) is 5.16 Å². The Morgan fingerprint density at radius 2 is 1.88 bits per heavy atom. The number of hydrogen-bond donors (Lipinski definition) is 1. The summed E-state index contributed by atoms with van der Waals surface area (Å²) >= 11 is 0. The molecule has 2 amide bonds. The van der Waals surface area contributed by atoms with Gasteiger partial charge in [0.1, 0.15) is 5.75 Å². The molecule has 0 bridgehead atoms. The second-order valence-corrected chi connectivity index (χ2v) is 7.84. The van der Waals surface area contributed by atoms with E-state index in [0.29, 0.717) is 19.5 Å². The van der Waals surface area contributed by atoms with Crippen LogP contribution in [0.15, 0.2) is 84.0 Å². The number of para-hydroxylation sites is 1. The van der Waals surface area contributed by atoms with Crippen LogP contribution in [0.5, 0.6) is 5.75 Å². The molecule has 1 atom stereocenters. The van der Waals surface area contributed by atoms with Gasteiger partial charge >= 0.3 is 6.03 Å². The van der Waals surface area contributed by atoms with E-state index < -0.39 is 0 Å². The minimum Gasteiger partial charge on any atom is -0.496 e.